The normalized spacial score (nSPS) is 10.7. The lowest BCUT2D eigenvalue weighted by atomic mass is 10.2. The molecule has 1 aromatic heterocycles. The van der Waals surface area contributed by atoms with Crippen LogP contribution in [0.15, 0.2) is 46.1 Å². The fourth-order valence-corrected chi connectivity index (χ4v) is 2.23. The highest BCUT2D eigenvalue weighted by atomic mass is 79.9. The monoisotopic (exact) mass is 353 g/mol. The summed E-state index contributed by atoms with van der Waals surface area (Å²) >= 11 is 9.07. The summed E-state index contributed by atoms with van der Waals surface area (Å²) in [6.45, 7) is 0. The highest BCUT2D eigenvalue weighted by Gasteiger charge is 2.07. The number of rotatable bonds is 3. The molecule has 7 heteroatoms. The summed E-state index contributed by atoms with van der Waals surface area (Å²) in [5, 5.41) is 13.7. The van der Waals surface area contributed by atoms with Crippen molar-refractivity contribution >= 4 is 39.7 Å². The van der Waals surface area contributed by atoms with Crippen LogP contribution >= 0.6 is 27.5 Å². The van der Waals surface area contributed by atoms with Gasteiger partial charge in [-0.25, -0.2) is 5.43 Å². The van der Waals surface area contributed by atoms with Crippen molar-refractivity contribution in [1.29, 1.82) is 0 Å². The summed E-state index contributed by atoms with van der Waals surface area (Å²) in [5.41, 5.74) is 2.94. The number of carbonyl (C=O) groups excluding carboxylic acids is 1. The second-order valence-electron chi connectivity index (χ2n) is 3.74. The number of benzene rings is 1. The molecule has 1 aromatic carbocycles. The van der Waals surface area contributed by atoms with E-state index in [0.29, 0.717) is 10.0 Å². The van der Waals surface area contributed by atoms with Gasteiger partial charge in [-0.3, -0.25) is 9.78 Å². The van der Waals surface area contributed by atoms with Gasteiger partial charge in [-0.15, -0.1) is 0 Å². The van der Waals surface area contributed by atoms with Gasteiger partial charge in [-0.2, -0.15) is 5.10 Å². The van der Waals surface area contributed by atoms with Gasteiger partial charge in [0, 0.05) is 16.2 Å². The Morgan fingerprint density at radius 2 is 2.25 bits per heavy atom. The van der Waals surface area contributed by atoms with Crippen LogP contribution in [0.1, 0.15) is 16.1 Å². The Balaban J connectivity index is 2.10. The molecule has 0 spiro atoms. The maximum Gasteiger partial charge on any atom is 0.289 e. The molecular weight excluding hydrogens is 346 g/mol. The van der Waals surface area contributed by atoms with E-state index < -0.39 is 5.91 Å². The van der Waals surface area contributed by atoms with E-state index in [1.165, 1.54) is 12.4 Å². The summed E-state index contributed by atoms with van der Waals surface area (Å²) in [6.07, 6.45) is 2.81. The summed E-state index contributed by atoms with van der Waals surface area (Å²) in [6, 6.07) is 8.16. The van der Waals surface area contributed by atoms with E-state index in [9.17, 15) is 9.90 Å². The molecular formula is C13H9BrClN3O2. The van der Waals surface area contributed by atoms with Gasteiger partial charge in [0.25, 0.3) is 5.91 Å². The molecule has 0 saturated carbocycles. The first-order valence-electron chi connectivity index (χ1n) is 5.50. The van der Waals surface area contributed by atoms with Crippen molar-refractivity contribution in [3.63, 3.8) is 0 Å². The van der Waals surface area contributed by atoms with Crippen LogP contribution in [0.5, 0.6) is 5.75 Å². The molecule has 1 heterocycles. The van der Waals surface area contributed by atoms with Crippen molar-refractivity contribution in [2.75, 3.05) is 0 Å². The molecule has 0 aliphatic carbocycles. The lowest BCUT2D eigenvalue weighted by molar-refractivity contribution is 0.0950. The van der Waals surface area contributed by atoms with Crippen LogP contribution in [0.3, 0.4) is 0 Å². The minimum absolute atomic E-state index is 0.106. The van der Waals surface area contributed by atoms with Gasteiger partial charge in [0.05, 0.1) is 11.2 Å². The zero-order valence-corrected chi connectivity index (χ0v) is 12.4. The summed E-state index contributed by atoms with van der Waals surface area (Å²) in [4.78, 5) is 15.6. The zero-order valence-electron chi connectivity index (χ0n) is 10.0. The number of aromatic nitrogens is 1. The third kappa shape index (κ3) is 3.55. The van der Waals surface area contributed by atoms with E-state index in [0.717, 1.165) is 0 Å². The highest BCUT2D eigenvalue weighted by Crippen LogP contribution is 2.30. The van der Waals surface area contributed by atoms with Gasteiger partial charge in [0.2, 0.25) is 0 Å². The van der Waals surface area contributed by atoms with Crippen molar-refractivity contribution in [2.24, 2.45) is 5.10 Å². The fraction of sp³-hybridized carbons (Fsp3) is 0. The van der Waals surface area contributed by atoms with E-state index in [1.807, 2.05) is 0 Å². The molecule has 0 bridgehead atoms. The van der Waals surface area contributed by atoms with Crippen LogP contribution in [-0.2, 0) is 0 Å². The number of hydrogen-bond acceptors (Lipinski definition) is 4. The molecule has 0 aliphatic rings. The largest absolute Gasteiger partial charge is 0.506 e. The van der Waals surface area contributed by atoms with Gasteiger partial charge in [-0.1, -0.05) is 33.6 Å². The molecule has 5 nitrogen and oxygen atoms in total. The SMILES string of the molecule is O=C(N/N=C/c1cc(Br)cc(Cl)c1O)c1ccccn1. The van der Waals surface area contributed by atoms with E-state index in [4.69, 9.17) is 11.6 Å². The minimum atomic E-state index is -0.442. The molecule has 1 amide bonds. The molecule has 0 radical (unpaired) electrons. The van der Waals surface area contributed by atoms with E-state index in [2.05, 4.69) is 31.4 Å². The first-order valence-corrected chi connectivity index (χ1v) is 6.67. The zero-order chi connectivity index (χ0) is 14.5. The van der Waals surface area contributed by atoms with Crippen molar-refractivity contribution in [1.82, 2.24) is 10.4 Å². The molecule has 0 fully saturated rings. The van der Waals surface area contributed by atoms with Gasteiger partial charge in [0.15, 0.2) is 0 Å². The molecule has 2 aromatic rings. The van der Waals surface area contributed by atoms with E-state index in [-0.39, 0.29) is 16.5 Å². The predicted molar refractivity (Wildman–Crippen MR) is 80.1 cm³/mol. The van der Waals surface area contributed by atoms with E-state index in [1.54, 1.807) is 30.3 Å². The molecule has 20 heavy (non-hydrogen) atoms. The Hall–Kier alpha value is -1.92. The number of aromatic hydroxyl groups is 1. The average molecular weight is 355 g/mol. The number of halogens is 2. The Bertz CT molecular complexity index is 662. The van der Waals surface area contributed by atoms with Crippen LogP contribution in [0.25, 0.3) is 0 Å². The molecule has 0 saturated heterocycles. The third-order valence-corrected chi connectivity index (χ3v) is 3.07. The van der Waals surface area contributed by atoms with Gasteiger partial charge < -0.3 is 5.11 Å². The second-order valence-corrected chi connectivity index (χ2v) is 5.06. The number of hydrogen-bond donors (Lipinski definition) is 2. The third-order valence-electron chi connectivity index (χ3n) is 2.32. The van der Waals surface area contributed by atoms with Crippen LogP contribution in [0.4, 0.5) is 0 Å². The summed E-state index contributed by atoms with van der Waals surface area (Å²) < 4.78 is 0.692. The second kappa shape index (κ2) is 6.49. The highest BCUT2D eigenvalue weighted by molar-refractivity contribution is 9.10. The number of amides is 1. The quantitative estimate of drug-likeness (QED) is 0.657. The van der Waals surface area contributed by atoms with Crippen LogP contribution < -0.4 is 5.43 Å². The molecule has 0 aliphatic heterocycles. The predicted octanol–water partition coefficient (Wildman–Crippen LogP) is 2.97. The number of pyridine rings is 1. The van der Waals surface area contributed by atoms with Crippen molar-refractivity contribution < 1.29 is 9.90 Å². The number of nitrogens with zero attached hydrogens (tertiary/aromatic N) is 2. The molecule has 0 atom stereocenters. The minimum Gasteiger partial charge on any atom is -0.506 e. The Morgan fingerprint density at radius 3 is 2.95 bits per heavy atom. The number of phenolic OH excluding ortho intramolecular Hbond substituents is 1. The Morgan fingerprint density at radius 1 is 1.45 bits per heavy atom. The smallest absolute Gasteiger partial charge is 0.289 e. The lowest BCUT2D eigenvalue weighted by Crippen LogP contribution is -2.18. The topological polar surface area (TPSA) is 74.6 Å². The summed E-state index contributed by atoms with van der Waals surface area (Å²) in [5.74, 6) is -0.548. The molecule has 2 rings (SSSR count). The summed E-state index contributed by atoms with van der Waals surface area (Å²) in [7, 11) is 0. The maximum absolute atomic E-state index is 11.7. The maximum atomic E-state index is 11.7. The van der Waals surface area contributed by atoms with Crippen LogP contribution in [-0.4, -0.2) is 22.2 Å². The van der Waals surface area contributed by atoms with Crippen molar-refractivity contribution in [3.05, 3.63) is 57.3 Å². The Kier molecular flexibility index (Phi) is 4.70. The van der Waals surface area contributed by atoms with Crippen molar-refractivity contribution in [2.45, 2.75) is 0 Å². The van der Waals surface area contributed by atoms with Gasteiger partial charge >= 0.3 is 0 Å². The first kappa shape index (κ1) is 14.5. The average Bonchev–Trinajstić information content (AvgIpc) is 2.44. The fourth-order valence-electron chi connectivity index (χ4n) is 1.40. The standard InChI is InChI=1S/C13H9BrClN3O2/c14-9-5-8(12(19)10(15)6-9)7-17-18-13(20)11-3-1-2-4-16-11/h1-7,19H,(H,18,20)/b17-7+. The molecule has 0 unspecified atom stereocenters. The van der Waals surface area contributed by atoms with Crippen LogP contribution in [0, 0.1) is 0 Å². The van der Waals surface area contributed by atoms with Crippen LogP contribution in [0.2, 0.25) is 5.02 Å². The van der Waals surface area contributed by atoms with Gasteiger partial charge in [-0.05, 0) is 24.3 Å². The lowest BCUT2D eigenvalue weighted by Gasteiger charge is -2.02. The van der Waals surface area contributed by atoms with Crippen molar-refractivity contribution in [3.8, 4) is 5.75 Å². The molecule has 102 valence electrons. The first-order chi connectivity index (χ1) is 9.58. The Labute approximate surface area is 128 Å². The van der Waals surface area contributed by atoms with E-state index >= 15 is 0 Å². The van der Waals surface area contributed by atoms with Gasteiger partial charge in [0.1, 0.15) is 11.4 Å². The number of nitrogens with one attached hydrogen (secondary N) is 1. The molecule has 2 N–H and O–H groups in total. The number of carbonyl (C=O) groups is 1. The number of phenols is 1. The number of hydrazone groups is 1.